The van der Waals surface area contributed by atoms with Crippen molar-refractivity contribution < 1.29 is 4.79 Å². The molecule has 2 aromatic heterocycles. The van der Waals surface area contributed by atoms with Crippen molar-refractivity contribution in [1.29, 1.82) is 0 Å². The second kappa shape index (κ2) is 7.66. The van der Waals surface area contributed by atoms with E-state index in [9.17, 15) is 4.79 Å². The minimum Gasteiger partial charge on any atom is -0.369 e. The lowest BCUT2D eigenvalue weighted by molar-refractivity contribution is 0.0421. The van der Waals surface area contributed by atoms with Gasteiger partial charge in [0.15, 0.2) is 0 Å². The van der Waals surface area contributed by atoms with Gasteiger partial charge in [-0.05, 0) is 31.4 Å². The van der Waals surface area contributed by atoms with E-state index in [1.54, 1.807) is 0 Å². The number of carbonyl (C=O) groups excluding carboxylic acids is 1. The summed E-state index contributed by atoms with van der Waals surface area (Å²) in [5.41, 5.74) is 4.15. The first-order valence-electron chi connectivity index (χ1n) is 9.88. The lowest BCUT2D eigenvalue weighted by atomic mass is 9.75. The second-order valence-corrected chi connectivity index (χ2v) is 7.98. The van der Waals surface area contributed by atoms with E-state index in [2.05, 4.69) is 44.5 Å². The third-order valence-electron chi connectivity index (χ3n) is 5.68. The number of nitrogens with zero attached hydrogens (tertiary/aromatic N) is 4. The van der Waals surface area contributed by atoms with E-state index in [-0.39, 0.29) is 17.1 Å². The second-order valence-electron chi connectivity index (χ2n) is 7.98. The Hall–Kier alpha value is -3.22. The van der Waals surface area contributed by atoms with Crippen molar-refractivity contribution in [2.24, 2.45) is 0 Å². The first-order valence-corrected chi connectivity index (χ1v) is 9.88. The summed E-state index contributed by atoms with van der Waals surface area (Å²) in [5.74, 6) is 0.865. The van der Waals surface area contributed by atoms with Gasteiger partial charge in [-0.2, -0.15) is 5.10 Å². The van der Waals surface area contributed by atoms with Gasteiger partial charge in [0.2, 0.25) is 5.82 Å². The van der Waals surface area contributed by atoms with Crippen LogP contribution in [-0.2, 0) is 11.8 Å². The van der Waals surface area contributed by atoms with Crippen molar-refractivity contribution in [3.05, 3.63) is 70.9 Å². The molecule has 29 heavy (non-hydrogen) atoms. The highest BCUT2D eigenvalue weighted by molar-refractivity contribution is 5.92. The van der Waals surface area contributed by atoms with Crippen molar-refractivity contribution >= 4 is 11.7 Å². The highest BCUT2D eigenvalue weighted by atomic mass is 16.2. The molecule has 0 bridgehead atoms. The van der Waals surface area contributed by atoms with E-state index in [1.165, 1.54) is 5.56 Å². The minimum absolute atomic E-state index is 0.0116. The van der Waals surface area contributed by atoms with Crippen molar-refractivity contribution in [2.45, 2.75) is 32.6 Å². The summed E-state index contributed by atoms with van der Waals surface area (Å²) < 4.78 is 0. The van der Waals surface area contributed by atoms with Crippen LogP contribution in [0.4, 0.5) is 5.82 Å². The van der Waals surface area contributed by atoms with Gasteiger partial charge in [-0.25, -0.2) is 9.97 Å². The third kappa shape index (κ3) is 3.85. The SMILES string of the molecule is Cc1nc(C(=O)N2CC(C)(c3ccccc3)C2)nc(NCCc2cn[nH]c2)c1C. The molecule has 1 fully saturated rings. The number of likely N-dealkylation sites (tertiary alicyclic amines) is 1. The summed E-state index contributed by atoms with van der Waals surface area (Å²) in [6.45, 7) is 8.14. The lowest BCUT2D eigenvalue weighted by Crippen LogP contribution is -2.59. The number of H-pyrrole nitrogens is 1. The van der Waals surface area contributed by atoms with E-state index in [4.69, 9.17) is 0 Å². The average molecular weight is 390 g/mol. The van der Waals surface area contributed by atoms with Gasteiger partial charge in [0.1, 0.15) is 5.82 Å². The van der Waals surface area contributed by atoms with Gasteiger partial charge >= 0.3 is 0 Å². The smallest absolute Gasteiger partial charge is 0.291 e. The van der Waals surface area contributed by atoms with E-state index in [0.717, 1.165) is 29.1 Å². The van der Waals surface area contributed by atoms with Crippen LogP contribution in [0.1, 0.15) is 39.9 Å². The van der Waals surface area contributed by atoms with E-state index < -0.39 is 0 Å². The van der Waals surface area contributed by atoms with Crippen LogP contribution in [0.2, 0.25) is 0 Å². The summed E-state index contributed by atoms with van der Waals surface area (Å²) in [6.07, 6.45) is 4.51. The fourth-order valence-electron chi connectivity index (χ4n) is 3.74. The molecule has 0 atom stereocenters. The number of aromatic amines is 1. The Bertz CT molecular complexity index is 994. The molecule has 0 unspecified atom stereocenters. The van der Waals surface area contributed by atoms with E-state index in [0.29, 0.717) is 19.6 Å². The van der Waals surface area contributed by atoms with Crippen LogP contribution in [0.15, 0.2) is 42.7 Å². The molecule has 150 valence electrons. The number of anilines is 1. The Morgan fingerprint density at radius 1 is 1.21 bits per heavy atom. The molecule has 0 radical (unpaired) electrons. The monoisotopic (exact) mass is 390 g/mol. The van der Waals surface area contributed by atoms with Gasteiger partial charge in [-0.3, -0.25) is 9.89 Å². The molecule has 0 spiro atoms. The molecule has 3 heterocycles. The Labute approximate surface area is 170 Å². The molecule has 1 aromatic carbocycles. The van der Waals surface area contributed by atoms with Crippen LogP contribution in [0.5, 0.6) is 0 Å². The fraction of sp³-hybridized carbons (Fsp3) is 0.364. The quantitative estimate of drug-likeness (QED) is 0.676. The van der Waals surface area contributed by atoms with Crippen molar-refractivity contribution in [3.63, 3.8) is 0 Å². The van der Waals surface area contributed by atoms with Crippen LogP contribution < -0.4 is 5.32 Å². The summed E-state index contributed by atoms with van der Waals surface area (Å²) in [4.78, 5) is 23.8. The van der Waals surface area contributed by atoms with Gasteiger partial charge in [0, 0.05) is 42.5 Å². The zero-order valence-corrected chi connectivity index (χ0v) is 17.1. The number of amides is 1. The lowest BCUT2D eigenvalue weighted by Gasteiger charge is -2.48. The van der Waals surface area contributed by atoms with Gasteiger partial charge < -0.3 is 10.2 Å². The number of carbonyl (C=O) groups is 1. The molecule has 0 saturated carbocycles. The Morgan fingerprint density at radius 3 is 2.66 bits per heavy atom. The van der Waals surface area contributed by atoms with Crippen molar-refractivity contribution in [1.82, 2.24) is 25.1 Å². The van der Waals surface area contributed by atoms with Crippen LogP contribution in [0, 0.1) is 13.8 Å². The van der Waals surface area contributed by atoms with Crippen LogP contribution >= 0.6 is 0 Å². The van der Waals surface area contributed by atoms with E-state index >= 15 is 0 Å². The zero-order valence-electron chi connectivity index (χ0n) is 17.1. The van der Waals surface area contributed by atoms with Gasteiger partial charge in [-0.1, -0.05) is 37.3 Å². The van der Waals surface area contributed by atoms with Gasteiger partial charge in [-0.15, -0.1) is 0 Å². The summed E-state index contributed by atoms with van der Waals surface area (Å²) in [6, 6.07) is 10.3. The normalized spacial score (nSPS) is 15.1. The van der Waals surface area contributed by atoms with Crippen LogP contribution in [0.25, 0.3) is 0 Å². The highest BCUT2D eigenvalue weighted by Crippen LogP contribution is 2.34. The minimum atomic E-state index is -0.112. The number of rotatable bonds is 6. The molecule has 1 saturated heterocycles. The molecule has 1 aliphatic rings. The molecule has 4 rings (SSSR count). The summed E-state index contributed by atoms with van der Waals surface area (Å²) >= 11 is 0. The molecular weight excluding hydrogens is 364 g/mol. The molecule has 0 aliphatic carbocycles. The average Bonchev–Trinajstić information content (AvgIpc) is 3.22. The van der Waals surface area contributed by atoms with Gasteiger partial charge in [0.05, 0.1) is 6.20 Å². The first kappa shape index (κ1) is 19.1. The van der Waals surface area contributed by atoms with Crippen molar-refractivity contribution in [2.75, 3.05) is 25.0 Å². The zero-order chi connectivity index (χ0) is 20.4. The number of aromatic nitrogens is 4. The van der Waals surface area contributed by atoms with Crippen LogP contribution in [0.3, 0.4) is 0 Å². The number of hydrogen-bond acceptors (Lipinski definition) is 5. The molecule has 1 aliphatic heterocycles. The predicted molar refractivity (Wildman–Crippen MR) is 112 cm³/mol. The third-order valence-corrected chi connectivity index (χ3v) is 5.68. The number of nitrogens with one attached hydrogen (secondary N) is 2. The number of aryl methyl sites for hydroxylation is 1. The Balaban J connectivity index is 1.44. The Morgan fingerprint density at radius 2 is 1.97 bits per heavy atom. The summed E-state index contributed by atoms with van der Waals surface area (Å²) in [5, 5.41) is 10.1. The first-order chi connectivity index (χ1) is 14.0. The molecule has 2 N–H and O–H groups in total. The maximum atomic E-state index is 13.0. The van der Waals surface area contributed by atoms with E-state index in [1.807, 2.05) is 49.3 Å². The molecule has 7 nitrogen and oxygen atoms in total. The number of benzene rings is 1. The van der Waals surface area contributed by atoms with Crippen molar-refractivity contribution in [3.8, 4) is 0 Å². The Kier molecular flexibility index (Phi) is 5.05. The predicted octanol–water partition coefficient (Wildman–Crippen LogP) is 2.88. The topological polar surface area (TPSA) is 86.8 Å². The maximum Gasteiger partial charge on any atom is 0.291 e. The standard InChI is InChI=1S/C22H26N6O/c1-15-16(2)26-20(27-19(15)23-10-9-17-11-24-25-12-17)21(29)28-13-22(3,14-28)18-7-5-4-6-8-18/h4-8,11-12H,9-10,13-14H2,1-3H3,(H,24,25)(H,23,26,27). The largest absolute Gasteiger partial charge is 0.369 e. The summed E-state index contributed by atoms with van der Waals surface area (Å²) in [7, 11) is 0. The maximum absolute atomic E-state index is 13.0. The fourth-order valence-corrected chi connectivity index (χ4v) is 3.74. The van der Waals surface area contributed by atoms with Gasteiger partial charge in [0.25, 0.3) is 5.91 Å². The molecule has 1 amide bonds. The molecule has 7 heteroatoms. The molecular formula is C22H26N6O. The highest BCUT2D eigenvalue weighted by Gasteiger charge is 2.43. The number of hydrogen-bond donors (Lipinski definition) is 2. The molecule has 3 aromatic rings. The van der Waals surface area contributed by atoms with Crippen LogP contribution in [-0.4, -0.2) is 50.6 Å².